The average Bonchev–Trinajstić information content (AvgIpc) is 2.53. The van der Waals surface area contributed by atoms with Crippen LogP contribution >= 0.6 is 0 Å². The predicted molar refractivity (Wildman–Crippen MR) is 77.7 cm³/mol. The Morgan fingerprint density at radius 2 is 2.10 bits per heavy atom. The highest BCUT2D eigenvalue weighted by Gasteiger charge is 2.19. The molecule has 110 valence electrons. The predicted octanol–water partition coefficient (Wildman–Crippen LogP) is 2.74. The van der Waals surface area contributed by atoms with Crippen molar-refractivity contribution in [3.63, 3.8) is 0 Å². The molecule has 1 aliphatic rings. The van der Waals surface area contributed by atoms with Crippen molar-refractivity contribution in [1.82, 2.24) is 4.98 Å². The highest BCUT2D eigenvalue weighted by molar-refractivity contribution is 5.98. The molecule has 1 aromatic carbocycles. The van der Waals surface area contributed by atoms with E-state index < -0.39 is 5.97 Å². The third-order valence-electron chi connectivity index (χ3n) is 3.76. The number of carbonyl (C=O) groups is 1. The Labute approximate surface area is 122 Å². The van der Waals surface area contributed by atoms with Crippen molar-refractivity contribution in [3.05, 3.63) is 36.0 Å². The van der Waals surface area contributed by atoms with E-state index in [0.29, 0.717) is 18.3 Å². The quantitative estimate of drug-likeness (QED) is 0.936. The van der Waals surface area contributed by atoms with E-state index in [1.165, 1.54) is 6.20 Å². The number of fused-ring (bicyclic) bond motifs is 1. The fourth-order valence-corrected chi connectivity index (χ4v) is 2.54. The Morgan fingerprint density at radius 1 is 1.33 bits per heavy atom. The summed E-state index contributed by atoms with van der Waals surface area (Å²) >= 11 is 0. The summed E-state index contributed by atoms with van der Waals surface area (Å²) in [5.74, 6) is -0.192. The first-order valence-electron chi connectivity index (χ1n) is 7.07. The Morgan fingerprint density at radius 3 is 2.86 bits per heavy atom. The zero-order valence-corrected chi connectivity index (χ0v) is 11.6. The monoisotopic (exact) mass is 287 g/mol. The first-order valence-corrected chi connectivity index (χ1v) is 7.07. The van der Waals surface area contributed by atoms with Gasteiger partial charge < -0.3 is 14.6 Å². The SMILES string of the molecule is O=C(O)c1cnc2ccccc2c1OCC1CCOCC1. The van der Waals surface area contributed by atoms with Gasteiger partial charge in [-0.25, -0.2) is 4.79 Å². The van der Waals surface area contributed by atoms with Crippen LogP contribution in [0, 0.1) is 5.92 Å². The minimum absolute atomic E-state index is 0.112. The van der Waals surface area contributed by atoms with E-state index in [1.807, 2.05) is 24.3 Å². The van der Waals surface area contributed by atoms with E-state index in [4.69, 9.17) is 9.47 Å². The van der Waals surface area contributed by atoms with Gasteiger partial charge >= 0.3 is 5.97 Å². The largest absolute Gasteiger partial charge is 0.492 e. The summed E-state index contributed by atoms with van der Waals surface area (Å²) in [6.07, 6.45) is 3.26. The second-order valence-electron chi connectivity index (χ2n) is 5.19. The van der Waals surface area contributed by atoms with Crippen LogP contribution < -0.4 is 4.74 Å². The van der Waals surface area contributed by atoms with Gasteiger partial charge in [-0.2, -0.15) is 0 Å². The van der Waals surface area contributed by atoms with Crippen molar-refractivity contribution in [1.29, 1.82) is 0 Å². The number of aromatic carboxylic acids is 1. The molecule has 1 saturated heterocycles. The van der Waals surface area contributed by atoms with Crippen molar-refractivity contribution in [2.75, 3.05) is 19.8 Å². The van der Waals surface area contributed by atoms with Crippen LogP contribution in [0.3, 0.4) is 0 Å². The van der Waals surface area contributed by atoms with Crippen molar-refractivity contribution in [2.45, 2.75) is 12.8 Å². The number of para-hydroxylation sites is 1. The van der Waals surface area contributed by atoms with Gasteiger partial charge in [0.1, 0.15) is 11.3 Å². The zero-order valence-electron chi connectivity index (χ0n) is 11.6. The minimum atomic E-state index is -1.02. The molecule has 0 spiro atoms. The van der Waals surface area contributed by atoms with Crippen LogP contribution in [0.4, 0.5) is 0 Å². The lowest BCUT2D eigenvalue weighted by molar-refractivity contribution is 0.0492. The van der Waals surface area contributed by atoms with Crippen LogP contribution in [0.2, 0.25) is 0 Å². The number of carboxylic acid groups (broad SMARTS) is 1. The molecule has 2 aromatic rings. The molecule has 0 bridgehead atoms. The third kappa shape index (κ3) is 2.97. The van der Waals surface area contributed by atoms with Crippen LogP contribution in [-0.2, 0) is 4.74 Å². The molecule has 1 aromatic heterocycles. The number of benzene rings is 1. The number of hydrogen-bond donors (Lipinski definition) is 1. The van der Waals surface area contributed by atoms with Crippen LogP contribution in [0.15, 0.2) is 30.5 Å². The molecule has 2 heterocycles. The molecule has 0 aliphatic carbocycles. The summed E-state index contributed by atoms with van der Waals surface area (Å²) in [5, 5.41) is 10.1. The molecule has 0 amide bonds. The van der Waals surface area contributed by atoms with Gasteiger partial charge in [-0.05, 0) is 30.9 Å². The maximum absolute atomic E-state index is 11.4. The molecule has 1 fully saturated rings. The fraction of sp³-hybridized carbons (Fsp3) is 0.375. The molecule has 1 aliphatic heterocycles. The molecule has 0 unspecified atom stereocenters. The Bertz CT molecular complexity index is 650. The lowest BCUT2D eigenvalue weighted by atomic mass is 10.0. The summed E-state index contributed by atoms with van der Waals surface area (Å²) in [6, 6.07) is 7.42. The summed E-state index contributed by atoms with van der Waals surface area (Å²) < 4.78 is 11.2. The molecule has 0 atom stereocenters. The van der Waals surface area contributed by atoms with Crippen molar-refractivity contribution >= 4 is 16.9 Å². The molecule has 3 rings (SSSR count). The normalized spacial score (nSPS) is 16.0. The van der Waals surface area contributed by atoms with Crippen molar-refractivity contribution < 1.29 is 19.4 Å². The summed E-state index contributed by atoms with van der Waals surface area (Å²) in [6.45, 7) is 2.01. The minimum Gasteiger partial charge on any atom is -0.492 e. The molecule has 21 heavy (non-hydrogen) atoms. The number of pyridine rings is 1. The van der Waals surface area contributed by atoms with Gasteiger partial charge in [0.05, 0.1) is 12.1 Å². The van der Waals surface area contributed by atoms with E-state index >= 15 is 0 Å². The van der Waals surface area contributed by atoms with E-state index in [9.17, 15) is 9.90 Å². The third-order valence-corrected chi connectivity index (χ3v) is 3.76. The van der Waals surface area contributed by atoms with Gasteiger partial charge in [-0.3, -0.25) is 4.98 Å². The smallest absolute Gasteiger partial charge is 0.341 e. The second-order valence-corrected chi connectivity index (χ2v) is 5.19. The van der Waals surface area contributed by atoms with Gasteiger partial charge in [0.2, 0.25) is 0 Å². The number of hydrogen-bond acceptors (Lipinski definition) is 4. The van der Waals surface area contributed by atoms with E-state index in [-0.39, 0.29) is 5.56 Å². The molecular weight excluding hydrogens is 270 g/mol. The van der Waals surface area contributed by atoms with E-state index in [0.717, 1.165) is 37.0 Å². The summed E-state index contributed by atoms with van der Waals surface area (Å²) in [7, 11) is 0. The maximum Gasteiger partial charge on any atom is 0.341 e. The van der Waals surface area contributed by atoms with E-state index in [1.54, 1.807) is 0 Å². The van der Waals surface area contributed by atoms with Crippen molar-refractivity contribution in [3.8, 4) is 5.75 Å². The molecule has 1 N–H and O–H groups in total. The van der Waals surface area contributed by atoms with Gasteiger partial charge in [-0.1, -0.05) is 12.1 Å². The molecular formula is C16H17NO4. The van der Waals surface area contributed by atoms with Crippen LogP contribution in [0.25, 0.3) is 10.9 Å². The van der Waals surface area contributed by atoms with Gasteiger partial charge in [-0.15, -0.1) is 0 Å². The van der Waals surface area contributed by atoms with Crippen LogP contribution in [-0.4, -0.2) is 35.9 Å². The zero-order chi connectivity index (χ0) is 14.7. The van der Waals surface area contributed by atoms with Gasteiger partial charge in [0, 0.05) is 24.8 Å². The van der Waals surface area contributed by atoms with E-state index in [2.05, 4.69) is 4.98 Å². The molecule has 5 nitrogen and oxygen atoms in total. The number of aromatic nitrogens is 1. The molecule has 0 saturated carbocycles. The van der Waals surface area contributed by atoms with Crippen LogP contribution in [0.5, 0.6) is 5.75 Å². The lowest BCUT2D eigenvalue weighted by Gasteiger charge is -2.22. The topological polar surface area (TPSA) is 68.7 Å². The highest BCUT2D eigenvalue weighted by Crippen LogP contribution is 2.29. The number of carboxylic acids is 1. The standard InChI is InChI=1S/C16H17NO4/c18-16(19)13-9-17-14-4-2-1-3-12(14)15(13)21-10-11-5-7-20-8-6-11/h1-4,9,11H,5-8,10H2,(H,18,19). The van der Waals surface area contributed by atoms with Gasteiger partial charge in [0.25, 0.3) is 0 Å². The maximum atomic E-state index is 11.4. The van der Waals surface area contributed by atoms with Crippen molar-refractivity contribution in [2.24, 2.45) is 5.92 Å². The van der Waals surface area contributed by atoms with Crippen LogP contribution in [0.1, 0.15) is 23.2 Å². The first-order chi connectivity index (χ1) is 10.3. The summed E-state index contributed by atoms with van der Waals surface area (Å²) in [4.78, 5) is 15.6. The number of rotatable bonds is 4. The molecule has 5 heteroatoms. The number of nitrogens with zero attached hydrogens (tertiary/aromatic N) is 1. The average molecular weight is 287 g/mol. The highest BCUT2D eigenvalue weighted by atomic mass is 16.5. The Hall–Kier alpha value is -2.14. The summed E-state index contributed by atoms with van der Waals surface area (Å²) in [5.41, 5.74) is 0.852. The molecule has 0 radical (unpaired) electrons. The Balaban J connectivity index is 1.90. The number of ether oxygens (including phenoxy) is 2. The lowest BCUT2D eigenvalue weighted by Crippen LogP contribution is -2.22. The Kier molecular flexibility index (Phi) is 4.01. The second kappa shape index (κ2) is 6.10. The van der Waals surface area contributed by atoms with Gasteiger partial charge in [0.15, 0.2) is 0 Å². The first kappa shape index (κ1) is 13.8. The fourth-order valence-electron chi connectivity index (χ4n) is 2.54.